The van der Waals surface area contributed by atoms with E-state index in [0.29, 0.717) is 10.7 Å². The van der Waals surface area contributed by atoms with E-state index in [-0.39, 0.29) is 11.9 Å². The molecule has 2 aromatic rings. The van der Waals surface area contributed by atoms with Crippen LogP contribution in [0, 0.1) is 12.7 Å². The Hall–Kier alpha value is -1.54. The Morgan fingerprint density at radius 2 is 1.78 bits per heavy atom. The summed E-state index contributed by atoms with van der Waals surface area (Å²) in [7, 11) is 0. The minimum absolute atomic E-state index is 0.100. The van der Waals surface area contributed by atoms with E-state index in [1.54, 1.807) is 6.07 Å². The van der Waals surface area contributed by atoms with Crippen LogP contribution in [0.2, 0.25) is 5.02 Å². The first kappa shape index (κ1) is 12.9. The van der Waals surface area contributed by atoms with Crippen LogP contribution in [0.4, 0.5) is 10.1 Å². The molecular weight excluding hydrogens is 249 g/mol. The highest BCUT2D eigenvalue weighted by atomic mass is 35.5. The fourth-order valence-corrected chi connectivity index (χ4v) is 2.05. The van der Waals surface area contributed by atoms with Crippen molar-refractivity contribution in [2.45, 2.75) is 19.9 Å². The second-order valence-corrected chi connectivity index (χ2v) is 4.87. The van der Waals surface area contributed by atoms with Gasteiger partial charge in [-0.1, -0.05) is 41.4 Å². The molecule has 0 aliphatic heterocycles. The second-order valence-electron chi connectivity index (χ2n) is 4.43. The van der Waals surface area contributed by atoms with Crippen molar-refractivity contribution in [2.24, 2.45) is 0 Å². The molecule has 3 heteroatoms. The lowest BCUT2D eigenvalue weighted by molar-refractivity contribution is 0.628. The smallest absolute Gasteiger partial charge is 0.126 e. The molecule has 0 saturated heterocycles. The van der Waals surface area contributed by atoms with Crippen LogP contribution < -0.4 is 5.32 Å². The molecule has 0 aromatic heterocycles. The van der Waals surface area contributed by atoms with Crippen LogP contribution in [-0.2, 0) is 0 Å². The highest BCUT2D eigenvalue weighted by Gasteiger charge is 2.06. The van der Waals surface area contributed by atoms with E-state index < -0.39 is 0 Å². The molecule has 1 atom stereocenters. The first-order chi connectivity index (χ1) is 8.54. The quantitative estimate of drug-likeness (QED) is 0.825. The van der Waals surface area contributed by atoms with Crippen LogP contribution in [-0.4, -0.2) is 0 Å². The van der Waals surface area contributed by atoms with Crippen LogP contribution in [0.5, 0.6) is 0 Å². The Bertz CT molecular complexity index is 516. The number of rotatable bonds is 3. The Labute approximate surface area is 112 Å². The zero-order valence-electron chi connectivity index (χ0n) is 10.4. The van der Waals surface area contributed by atoms with E-state index >= 15 is 0 Å². The molecule has 94 valence electrons. The minimum Gasteiger partial charge on any atom is -0.378 e. The van der Waals surface area contributed by atoms with Crippen LogP contribution in [0.3, 0.4) is 0 Å². The summed E-state index contributed by atoms with van der Waals surface area (Å²) in [6.45, 7) is 4.08. The third-order valence-electron chi connectivity index (χ3n) is 2.82. The standard InChI is InChI=1S/C15H15ClFN/c1-10-3-5-12(6-4-10)11(2)18-15-8-13(16)7-14(17)9-15/h3-9,11,18H,1-2H3. The van der Waals surface area contributed by atoms with Gasteiger partial charge in [0.1, 0.15) is 5.82 Å². The number of aryl methyl sites for hydroxylation is 1. The lowest BCUT2D eigenvalue weighted by Gasteiger charge is -2.16. The monoisotopic (exact) mass is 263 g/mol. The summed E-state index contributed by atoms with van der Waals surface area (Å²) in [5.41, 5.74) is 3.06. The maximum absolute atomic E-state index is 13.2. The van der Waals surface area contributed by atoms with Crippen molar-refractivity contribution in [3.63, 3.8) is 0 Å². The van der Waals surface area contributed by atoms with Crippen molar-refractivity contribution >= 4 is 17.3 Å². The highest BCUT2D eigenvalue weighted by molar-refractivity contribution is 6.30. The molecule has 18 heavy (non-hydrogen) atoms. The van der Waals surface area contributed by atoms with E-state index in [2.05, 4.69) is 29.6 Å². The predicted molar refractivity (Wildman–Crippen MR) is 74.6 cm³/mol. The molecule has 0 heterocycles. The SMILES string of the molecule is Cc1ccc(C(C)Nc2cc(F)cc(Cl)c2)cc1. The van der Waals surface area contributed by atoms with E-state index in [9.17, 15) is 4.39 Å². The predicted octanol–water partition coefficient (Wildman–Crippen LogP) is 4.96. The summed E-state index contributed by atoms with van der Waals surface area (Å²) >= 11 is 5.82. The second kappa shape index (κ2) is 5.40. The Balaban J connectivity index is 2.15. The van der Waals surface area contributed by atoms with Gasteiger partial charge in [0.15, 0.2) is 0 Å². The molecule has 0 saturated carbocycles. The maximum atomic E-state index is 13.2. The number of benzene rings is 2. The average molecular weight is 264 g/mol. The zero-order valence-corrected chi connectivity index (χ0v) is 11.1. The van der Waals surface area contributed by atoms with Crippen LogP contribution in [0.25, 0.3) is 0 Å². The largest absolute Gasteiger partial charge is 0.378 e. The van der Waals surface area contributed by atoms with Crippen LogP contribution in [0.15, 0.2) is 42.5 Å². The molecule has 0 radical (unpaired) electrons. The first-order valence-electron chi connectivity index (χ1n) is 5.84. The van der Waals surface area contributed by atoms with Gasteiger partial charge in [-0.15, -0.1) is 0 Å². The molecule has 0 fully saturated rings. The van der Waals surface area contributed by atoms with Gasteiger partial charge in [0, 0.05) is 16.8 Å². The van der Waals surface area contributed by atoms with Gasteiger partial charge in [0.25, 0.3) is 0 Å². The van der Waals surface area contributed by atoms with Gasteiger partial charge in [-0.25, -0.2) is 4.39 Å². The molecule has 0 spiro atoms. The van der Waals surface area contributed by atoms with Gasteiger partial charge in [-0.2, -0.15) is 0 Å². The van der Waals surface area contributed by atoms with E-state index in [1.807, 2.05) is 13.8 Å². The van der Waals surface area contributed by atoms with E-state index in [1.165, 1.54) is 17.7 Å². The first-order valence-corrected chi connectivity index (χ1v) is 6.21. The topological polar surface area (TPSA) is 12.0 Å². The van der Waals surface area contributed by atoms with Crippen molar-refractivity contribution in [1.82, 2.24) is 0 Å². The fourth-order valence-electron chi connectivity index (χ4n) is 1.83. The van der Waals surface area contributed by atoms with Crippen LogP contribution >= 0.6 is 11.6 Å². The zero-order chi connectivity index (χ0) is 13.1. The van der Waals surface area contributed by atoms with Gasteiger partial charge in [-0.3, -0.25) is 0 Å². The summed E-state index contributed by atoms with van der Waals surface area (Å²) in [5, 5.41) is 3.63. The van der Waals surface area contributed by atoms with Crippen LogP contribution in [0.1, 0.15) is 24.1 Å². The van der Waals surface area contributed by atoms with Gasteiger partial charge in [-0.05, 0) is 37.6 Å². The molecule has 1 nitrogen and oxygen atoms in total. The average Bonchev–Trinajstić information content (AvgIpc) is 2.28. The van der Waals surface area contributed by atoms with Crippen molar-refractivity contribution < 1.29 is 4.39 Å². The summed E-state index contributed by atoms with van der Waals surface area (Å²) in [6.07, 6.45) is 0. The van der Waals surface area contributed by atoms with Crippen molar-refractivity contribution in [3.05, 3.63) is 64.4 Å². The summed E-state index contributed by atoms with van der Waals surface area (Å²) in [5.74, 6) is -0.332. The molecule has 2 rings (SSSR count). The van der Waals surface area contributed by atoms with Gasteiger partial charge < -0.3 is 5.32 Å². The Kier molecular flexibility index (Phi) is 3.87. The normalized spacial score (nSPS) is 12.2. The summed E-state index contributed by atoms with van der Waals surface area (Å²) < 4.78 is 13.2. The highest BCUT2D eigenvalue weighted by Crippen LogP contribution is 2.23. The molecule has 0 aliphatic rings. The molecule has 2 aromatic carbocycles. The maximum Gasteiger partial charge on any atom is 0.126 e. The van der Waals surface area contributed by atoms with E-state index in [4.69, 9.17) is 11.6 Å². The molecule has 1 unspecified atom stereocenters. The molecule has 0 aliphatic carbocycles. The van der Waals surface area contributed by atoms with Crippen molar-refractivity contribution in [2.75, 3.05) is 5.32 Å². The lowest BCUT2D eigenvalue weighted by Crippen LogP contribution is -2.06. The van der Waals surface area contributed by atoms with Crippen molar-refractivity contribution in [1.29, 1.82) is 0 Å². The number of halogens is 2. The van der Waals surface area contributed by atoms with E-state index in [0.717, 1.165) is 5.56 Å². The van der Waals surface area contributed by atoms with Gasteiger partial charge in [0.05, 0.1) is 0 Å². The lowest BCUT2D eigenvalue weighted by atomic mass is 10.1. The number of hydrogen-bond donors (Lipinski definition) is 1. The Morgan fingerprint density at radius 3 is 2.39 bits per heavy atom. The summed E-state index contributed by atoms with van der Waals surface area (Å²) in [6, 6.07) is 12.8. The molecule has 0 bridgehead atoms. The summed E-state index contributed by atoms with van der Waals surface area (Å²) in [4.78, 5) is 0. The third kappa shape index (κ3) is 3.23. The number of nitrogens with one attached hydrogen (secondary N) is 1. The van der Waals surface area contributed by atoms with Crippen molar-refractivity contribution in [3.8, 4) is 0 Å². The number of anilines is 1. The molecule has 1 N–H and O–H groups in total. The third-order valence-corrected chi connectivity index (χ3v) is 3.04. The molecular formula is C15H15ClFN. The fraction of sp³-hybridized carbons (Fsp3) is 0.200. The molecule has 0 amide bonds. The van der Waals surface area contributed by atoms with Gasteiger partial charge in [0.2, 0.25) is 0 Å². The minimum atomic E-state index is -0.332. The van der Waals surface area contributed by atoms with Gasteiger partial charge >= 0.3 is 0 Å². The Morgan fingerprint density at radius 1 is 1.11 bits per heavy atom. The number of hydrogen-bond acceptors (Lipinski definition) is 1.